The molecule has 0 heterocycles. The molecule has 0 amide bonds. The summed E-state index contributed by atoms with van der Waals surface area (Å²) in [5.41, 5.74) is 2.13. The van der Waals surface area contributed by atoms with E-state index < -0.39 is 8.32 Å². The summed E-state index contributed by atoms with van der Waals surface area (Å²) in [6.07, 6.45) is 2.10. The van der Waals surface area contributed by atoms with Crippen molar-refractivity contribution in [3.63, 3.8) is 0 Å². The molecule has 0 spiro atoms. The van der Waals surface area contributed by atoms with Crippen molar-refractivity contribution < 1.29 is 13.9 Å². The molecule has 2 aromatic carbocycles. The number of methoxy groups -OCH3 is 2. The van der Waals surface area contributed by atoms with Crippen molar-refractivity contribution >= 4 is 20.2 Å². The van der Waals surface area contributed by atoms with Gasteiger partial charge in [-0.15, -0.1) is 0 Å². The molecule has 0 bridgehead atoms. The molecule has 0 aliphatic heterocycles. The van der Waals surface area contributed by atoms with E-state index >= 15 is 0 Å². The van der Waals surface area contributed by atoms with Gasteiger partial charge >= 0.3 is 0 Å². The van der Waals surface area contributed by atoms with Crippen LogP contribution in [0.25, 0.3) is 11.8 Å². The van der Waals surface area contributed by atoms with Crippen LogP contribution >= 0.6 is 0 Å². The summed E-state index contributed by atoms with van der Waals surface area (Å²) < 4.78 is 17.2. The molecular weight excluding hydrogens is 340 g/mol. The van der Waals surface area contributed by atoms with Crippen molar-refractivity contribution in [2.24, 2.45) is 0 Å². The largest absolute Gasteiger partial charge is 0.543 e. The molecule has 0 N–H and O–H groups in total. The van der Waals surface area contributed by atoms with Crippen molar-refractivity contribution in [3.05, 3.63) is 59.7 Å². The molecule has 0 aromatic heterocycles. The predicted molar refractivity (Wildman–Crippen MR) is 112 cm³/mol. The van der Waals surface area contributed by atoms with Crippen LogP contribution in [0.4, 0.5) is 0 Å². The highest BCUT2D eigenvalue weighted by atomic mass is 28.4. The normalized spacial score (nSPS) is 12.7. The van der Waals surface area contributed by atoms with Crippen LogP contribution in [0.15, 0.2) is 48.5 Å². The zero-order valence-electron chi connectivity index (χ0n) is 16.9. The Labute approximate surface area is 158 Å². The van der Waals surface area contributed by atoms with E-state index in [0.717, 1.165) is 28.4 Å². The van der Waals surface area contributed by atoms with E-state index in [-0.39, 0.29) is 5.04 Å². The minimum Gasteiger partial charge on any atom is -0.543 e. The first-order valence-electron chi connectivity index (χ1n) is 8.85. The number of ether oxygens (including phenoxy) is 2. The zero-order valence-corrected chi connectivity index (χ0v) is 17.9. The summed E-state index contributed by atoms with van der Waals surface area (Å²) in [5, 5.41) is 0.123. The van der Waals surface area contributed by atoms with E-state index in [0.29, 0.717) is 0 Å². The molecule has 2 aromatic rings. The average Bonchev–Trinajstić information content (AvgIpc) is 2.61. The number of rotatable bonds is 6. The zero-order chi connectivity index (χ0) is 19.4. The lowest BCUT2D eigenvalue weighted by atomic mass is 10.1. The van der Waals surface area contributed by atoms with Gasteiger partial charge in [0.25, 0.3) is 8.32 Å². The fourth-order valence-corrected chi connectivity index (χ4v) is 3.24. The van der Waals surface area contributed by atoms with Crippen LogP contribution in [0.1, 0.15) is 31.9 Å². The Kier molecular flexibility index (Phi) is 6.19. The van der Waals surface area contributed by atoms with Crippen molar-refractivity contribution in [1.29, 1.82) is 0 Å². The summed E-state index contributed by atoms with van der Waals surface area (Å²) >= 11 is 0. The van der Waals surface area contributed by atoms with Gasteiger partial charge in [0.15, 0.2) is 0 Å². The van der Waals surface area contributed by atoms with Crippen LogP contribution in [-0.4, -0.2) is 22.5 Å². The third-order valence-electron chi connectivity index (χ3n) is 4.96. The van der Waals surface area contributed by atoms with Crippen LogP contribution in [-0.2, 0) is 4.43 Å². The molecule has 4 heteroatoms. The van der Waals surface area contributed by atoms with E-state index in [4.69, 9.17) is 13.9 Å². The fraction of sp³-hybridized carbons (Fsp3) is 0.364. The molecule has 0 aliphatic rings. The van der Waals surface area contributed by atoms with E-state index in [1.165, 1.54) is 0 Å². The minimum atomic E-state index is -1.97. The van der Waals surface area contributed by atoms with Crippen molar-refractivity contribution in [3.8, 4) is 11.5 Å². The van der Waals surface area contributed by atoms with Crippen LogP contribution < -0.4 is 9.47 Å². The van der Waals surface area contributed by atoms with Crippen molar-refractivity contribution in [1.82, 2.24) is 0 Å². The lowest BCUT2D eigenvalue weighted by molar-refractivity contribution is 0.414. The van der Waals surface area contributed by atoms with Crippen molar-refractivity contribution in [2.45, 2.75) is 38.9 Å². The molecular formula is C22H30O3Si. The van der Waals surface area contributed by atoms with Gasteiger partial charge in [-0.05, 0) is 66.2 Å². The van der Waals surface area contributed by atoms with E-state index in [2.05, 4.69) is 39.9 Å². The summed E-state index contributed by atoms with van der Waals surface area (Å²) in [5.74, 6) is 2.58. The van der Waals surface area contributed by atoms with E-state index in [9.17, 15) is 0 Å². The summed E-state index contributed by atoms with van der Waals surface area (Å²) in [4.78, 5) is 0. The molecule has 2 rings (SSSR count). The van der Waals surface area contributed by atoms with Gasteiger partial charge in [-0.3, -0.25) is 0 Å². The maximum absolute atomic E-state index is 6.65. The highest BCUT2D eigenvalue weighted by Crippen LogP contribution is 2.40. The molecule has 0 radical (unpaired) electrons. The Morgan fingerprint density at radius 1 is 0.808 bits per heavy atom. The molecule has 3 nitrogen and oxygen atoms in total. The molecule has 0 aliphatic carbocycles. The number of benzene rings is 2. The van der Waals surface area contributed by atoms with Gasteiger partial charge in [0.1, 0.15) is 17.3 Å². The third-order valence-corrected chi connectivity index (χ3v) is 9.30. The smallest absolute Gasteiger partial charge is 0.250 e. The molecule has 0 fully saturated rings. The maximum Gasteiger partial charge on any atom is 0.250 e. The lowest BCUT2D eigenvalue weighted by Gasteiger charge is -2.37. The third kappa shape index (κ3) is 4.91. The summed E-state index contributed by atoms with van der Waals surface area (Å²) in [6.45, 7) is 11.3. The number of hydrogen-bond acceptors (Lipinski definition) is 3. The fourth-order valence-electron chi connectivity index (χ4n) is 2.21. The Bertz CT molecular complexity index is 738. The summed E-state index contributed by atoms with van der Waals surface area (Å²) in [7, 11) is 1.38. The van der Waals surface area contributed by atoms with Crippen LogP contribution in [0.5, 0.6) is 11.5 Å². The Balaban J connectivity index is 2.44. The van der Waals surface area contributed by atoms with Crippen LogP contribution in [0.3, 0.4) is 0 Å². The van der Waals surface area contributed by atoms with Gasteiger partial charge in [0, 0.05) is 5.56 Å². The van der Waals surface area contributed by atoms with Gasteiger partial charge in [-0.25, -0.2) is 0 Å². The minimum absolute atomic E-state index is 0.123. The highest BCUT2D eigenvalue weighted by molar-refractivity contribution is 6.74. The Hall–Kier alpha value is -2.20. The molecule has 0 unspecified atom stereocenters. The molecule has 0 saturated carbocycles. The first-order chi connectivity index (χ1) is 12.2. The van der Waals surface area contributed by atoms with Gasteiger partial charge in [-0.1, -0.05) is 32.9 Å². The van der Waals surface area contributed by atoms with Crippen molar-refractivity contribution in [2.75, 3.05) is 14.2 Å². The van der Waals surface area contributed by atoms with Gasteiger partial charge in [-0.2, -0.15) is 0 Å². The predicted octanol–water partition coefficient (Wildman–Crippen LogP) is 6.22. The van der Waals surface area contributed by atoms with E-state index in [1.54, 1.807) is 14.2 Å². The van der Waals surface area contributed by atoms with Crippen LogP contribution in [0.2, 0.25) is 18.1 Å². The Morgan fingerprint density at radius 3 is 1.69 bits per heavy atom. The van der Waals surface area contributed by atoms with Gasteiger partial charge in [0.05, 0.1) is 14.2 Å². The molecule has 0 atom stereocenters. The average molecular weight is 371 g/mol. The van der Waals surface area contributed by atoms with Crippen LogP contribution in [0, 0.1) is 0 Å². The first-order valence-corrected chi connectivity index (χ1v) is 11.8. The molecule has 140 valence electrons. The second kappa shape index (κ2) is 8.00. The second-order valence-electron chi connectivity index (χ2n) is 7.87. The molecule has 26 heavy (non-hydrogen) atoms. The Morgan fingerprint density at radius 2 is 1.27 bits per heavy atom. The topological polar surface area (TPSA) is 27.7 Å². The second-order valence-corrected chi connectivity index (χ2v) is 12.6. The van der Waals surface area contributed by atoms with E-state index in [1.807, 2.05) is 48.5 Å². The quantitative estimate of drug-likeness (QED) is 0.343. The summed E-state index contributed by atoms with van der Waals surface area (Å²) in [6, 6.07) is 16.0. The monoisotopic (exact) mass is 370 g/mol. The SMILES string of the molecule is COc1ccc(/C=C(\O[Si](C)(C)C(C)(C)C)c2ccc(OC)cc2)cc1. The molecule has 0 saturated heterocycles. The first kappa shape index (κ1) is 20.1. The highest BCUT2D eigenvalue weighted by Gasteiger charge is 2.39. The standard InChI is InChI=1S/C22H30O3Si/c1-22(2,3)26(6,7)25-21(18-10-14-20(24-5)15-11-18)16-17-8-12-19(23-4)13-9-17/h8-16H,1-7H3/b21-16-. The maximum atomic E-state index is 6.65. The number of hydrogen-bond donors (Lipinski definition) is 0. The van der Waals surface area contributed by atoms with Gasteiger partial charge < -0.3 is 13.9 Å². The lowest BCUT2D eigenvalue weighted by Crippen LogP contribution is -2.40. The van der Waals surface area contributed by atoms with Gasteiger partial charge in [0.2, 0.25) is 0 Å².